The average molecular weight is 414 g/mol. The first-order valence-electron chi connectivity index (χ1n) is 9.46. The number of carbonyl (C=O) groups is 1. The number of benzene rings is 1. The standard InChI is InChI=1S/C21H23FN4O4/c1-12(11-27)25-20(29)17-19(28)18-16(26(7-6-23)21(17)30)9-14(10-24-18)8-13-2-4-15(22)5-3-13/h2-5,9-10,12,27-28H,6-8,11,23H2,1H3,(H,25,29). The van der Waals surface area contributed by atoms with Crippen LogP contribution >= 0.6 is 0 Å². The highest BCUT2D eigenvalue weighted by molar-refractivity contribution is 6.01. The van der Waals surface area contributed by atoms with E-state index in [9.17, 15) is 19.1 Å². The van der Waals surface area contributed by atoms with Gasteiger partial charge in [-0.05, 0) is 42.7 Å². The molecular weight excluding hydrogens is 391 g/mol. The molecule has 0 aliphatic heterocycles. The number of hydrogen-bond donors (Lipinski definition) is 4. The number of halogens is 1. The third-order valence-corrected chi connectivity index (χ3v) is 4.69. The van der Waals surface area contributed by atoms with Crippen molar-refractivity contribution in [1.82, 2.24) is 14.9 Å². The Morgan fingerprint density at radius 2 is 2.00 bits per heavy atom. The Morgan fingerprint density at radius 1 is 1.30 bits per heavy atom. The number of fused-ring (bicyclic) bond motifs is 1. The van der Waals surface area contributed by atoms with E-state index >= 15 is 0 Å². The molecule has 30 heavy (non-hydrogen) atoms. The van der Waals surface area contributed by atoms with E-state index in [1.807, 2.05) is 0 Å². The molecule has 3 rings (SSSR count). The van der Waals surface area contributed by atoms with E-state index in [2.05, 4.69) is 10.3 Å². The van der Waals surface area contributed by atoms with Crippen molar-refractivity contribution in [2.45, 2.75) is 25.9 Å². The lowest BCUT2D eigenvalue weighted by Crippen LogP contribution is -2.39. The van der Waals surface area contributed by atoms with E-state index in [1.54, 1.807) is 25.1 Å². The van der Waals surface area contributed by atoms with Gasteiger partial charge in [-0.15, -0.1) is 0 Å². The molecule has 1 atom stereocenters. The van der Waals surface area contributed by atoms with Crippen molar-refractivity contribution in [3.8, 4) is 5.75 Å². The minimum absolute atomic E-state index is 0.0905. The summed E-state index contributed by atoms with van der Waals surface area (Å²) in [5, 5.41) is 22.2. The van der Waals surface area contributed by atoms with Gasteiger partial charge in [-0.3, -0.25) is 14.6 Å². The molecule has 1 aromatic carbocycles. The lowest BCUT2D eigenvalue weighted by Gasteiger charge is -2.16. The lowest BCUT2D eigenvalue weighted by atomic mass is 10.1. The molecule has 0 fully saturated rings. The van der Waals surface area contributed by atoms with Gasteiger partial charge in [0.2, 0.25) is 0 Å². The normalized spacial score (nSPS) is 12.1. The summed E-state index contributed by atoms with van der Waals surface area (Å²) < 4.78 is 14.4. The molecule has 0 saturated carbocycles. The van der Waals surface area contributed by atoms with Crippen LogP contribution in [-0.2, 0) is 13.0 Å². The molecular formula is C21H23FN4O4. The van der Waals surface area contributed by atoms with Crippen LogP contribution in [0.25, 0.3) is 11.0 Å². The smallest absolute Gasteiger partial charge is 0.267 e. The van der Waals surface area contributed by atoms with E-state index < -0.39 is 28.8 Å². The van der Waals surface area contributed by atoms with Crippen LogP contribution in [0, 0.1) is 5.82 Å². The summed E-state index contributed by atoms with van der Waals surface area (Å²) in [6.45, 7) is 1.50. The first-order chi connectivity index (χ1) is 14.3. The predicted molar refractivity (Wildman–Crippen MR) is 110 cm³/mol. The number of nitrogens with zero attached hydrogens (tertiary/aromatic N) is 2. The van der Waals surface area contributed by atoms with Gasteiger partial charge in [-0.25, -0.2) is 4.39 Å². The summed E-state index contributed by atoms with van der Waals surface area (Å²) in [7, 11) is 0. The van der Waals surface area contributed by atoms with Gasteiger partial charge in [-0.2, -0.15) is 0 Å². The number of pyridine rings is 2. The minimum Gasteiger partial charge on any atom is -0.505 e. The summed E-state index contributed by atoms with van der Waals surface area (Å²) >= 11 is 0. The van der Waals surface area contributed by atoms with Gasteiger partial charge in [0, 0.05) is 25.3 Å². The minimum atomic E-state index is -0.802. The van der Waals surface area contributed by atoms with Crippen LogP contribution in [0.1, 0.15) is 28.4 Å². The van der Waals surface area contributed by atoms with Crippen LogP contribution in [-0.4, -0.2) is 44.9 Å². The highest BCUT2D eigenvalue weighted by Gasteiger charge is 2.24. The van der Waals surface area contributed by atoms with Gasteiger partial charge < -0.3 is 25.8 Å². The summed E-state index contributed by atoms with van der Waals surface area (Å²) in [4.78, 5) is 29.7. The number of amides is 1. The Bertz CT molecular complexity index is 1130. The second kappa shape index (κ2) is 9.02. The van der Waals surface area contributed by atoms with Gasteiger partial charge in [0.05, 0.1) is 12.1 Å². The number of hydrogen-bond acceptors (Lipinski definition) is 6. The number of aromatic hydroxyl groups is 1. The number of rotatable bonds is 7. The molecule has 0 aliphatic carbocycles. The van der Waals surface area contributed by atoms with Gasteiger partial charge in [0.25, 0.3) is 11.5 Å². The van der Waals surface area contributed by atoms with Crippen LogP contribution < -0.4 is 16.6 Å². The Hall–Kier alpha value is -3.30. The van der Waals surface area contributed by atoms with Crippen molar-refractivity contribution in [1.29, 1.82) is 0 Å². The van der Waals surface area contributed by atoms with E-state index in [-0.39, 0.29) is 31.0 Å². The predicted octanol–water partition coefficient (Wildman–Crippen LogP) is 0.901. The SMILES string of the molecule is CC(CO)NC(=O)c1c(O)c2ncc(Cc3ccc(F)cc3)cc2n(CCN)c1=O. The molecule has 0 radical (unpaired) electrons. The molecule has 5 N–H and O–H groups in total. The molecule has 0 aliphatic rings. The molecule has 8 nitrogen and oxygen atoms in total. The van der Waals surface area contributed by atoms with Crippen LogP contribution in [0.3, 0.4) is 0 Å². The Morgan fingerprint density at radius 3 is 2.63 bits per heavy atom. The van der Waals surface area contributed by atoms with E-state index in [1.165, 1.54) is 22.9 Å². The Balaban J connectivity index is 2.11. The highest BCUT2D eigenvalue weighted by atomic mass is 19.1. The number of nitrogens with two attached hydrogens (primary N) is 1. The largest absolute Gasteiger partial charge is 0.505 e. The highest BCUT2D eigenvalue weighted by Crippen LogP contribution is 2.26. The first kappa shape index (κ1) is 21.4. The molecule has 1 unspecified atom stereocenters. The van der Waals surface area contributed by atoms with E-state index in [4.69, 9.17) is 10.8 Å². The van der Waals surface area contributed by atoms with E-state index in [0.717, 1.165) is 11.1 Å². The molecule has 3 aromatic rings. The number of aliphatic hydroxyl groups is 1. The molecule has 0 spiro atoms. The lowest BCUT2D eigenvalue weighted by molar-refractivity contribution is 0.0917. The zero-order valence-electron chi connectivity index (χ0n) is 16.4. The van der Waals surface area contributed by atoms with Crippen molar-refractivity contribution >= 4 is 16.9 Å². The van der Waals surface area contributed by atoms with Crippen LogP contribution in [0.2, 0.25) is 0 Å². The Labute approximate surface area is 171 Å². The summed E-state index contributed by atoms with van der Waals surface area (Å²) in [6, 6.07) is 7.12. The molecule has 9 heteroatoms. The van der Waals surface area contributed by atoms with Crippen LogP contribution in [0.5, 0.6) is 5.75 Å². The zero-order chi connectivity index (χ0) is 21.8. The molecule has 2 heterocycles. The fraction of sp³-hybridized carbons (Fsp3) is 0.286. The number of carbonyl (C=O) groups excluding carboxylic acids is 1. The third-order valence-electron chi connectivity index (χ3n) is 4.69. The molecule has 0 bridgehead atoms. The number of aliphatic hydroxyl groups excluding tert-OH is 1. The summed E-state index contributed by atoms with van der Waals surface area (Å²) in [6.07, 6.45) is 1.97. The molecule has 158 valence electrons. The van der Waals surface area contributed by atoms with Gasteiger partial charge in [0.15, 0.2) is 5.75 Å². The first-order valence-corrected chi connectivity index (χ1v) is 9.46. The molecule has 1 amide bonds. The second-order valence-electron chi connectivity index (χ2n) is 7.04. The molecule has 0 saturated heterocycles. The maximum atomic E-state index is 13.1. The number of aromatic nitrogens is 2. The van der Waals surface area contributed by atoms with Gasteiger partial charge >= 0.3 is 0 Å². The zero-order valence-corrected chi connectivity index (χ0v) is 16.4. The maximum Gasteiger partial charge on any atom is 0.267 e. The second-order valence-corrected chi connectivity index (χ2v) is 7.04. The van der Waals surface area contributed by atoms with Crippen molar-refractivity contribution in [2.75, 3.05) is 13.2 Å². The van der Waals surface area contributed by atoms with E-state index in [0.29, 0.717) is 11.9 Å². The van der Waals surface area contributed by atoms with Crippen molar-refractivity contribution in [3.63, 3.8) is 0 Å². The Kier molecular flexibility index (Phi) is 6.43. The van der Waals surface area contributed by atoms with Crippen molar-refractivity contribution in [2.24, 2.45) is 5.73 Å². The monoisotopic (exact) mass is 414 g/mol. The topological polar surface area (TPSA) is 130 Å². The fourth-order valence-electron chi connectivity index (χ4n) is 3.18. The number of nitrogens with one attached hydrogen (secondary N) is 1. The fourth-order valence-corrected chi connectivity index (χ4v) is 3.18. The third kappa shape index (κ3) is 4.32. The van der Waals surface area contributed by atoms with Crippen LogP contribution in [0.4, 0.5) is 4.39 Å². The summed E-state index contributed by atoms with van der Waals surface area (Å²) in [5.74, 6) is -1.67. The van der Waals surface area contributed by atoms with Gasteiger partial charge in [0.1, 0.15) is 16.9 Å². The molecule has 2 aromatic heterocycles. The summed E-state index contributed by atoms with van der Waals surface area (Å²) in [5.41, 5.74) is 6.53. The average Bonchev–Trinajstić information content (AvgIpc) is 2.72. The quantitative estimate of drug-likeness (QED) is 0.454. The van der Waals surface area contributed by atoms with Crippen LogP contribution in [0.15, 0.2) is 41.3 Å². The maximum absolute atomic E-state index is 13.1. The van der Waals surface area contributed by atoms with Crippen molar-refractivity contribution in [3.05, 3.63) is 69.4 Å². The van der Waals surface area contributed by atoms with Crippen molar-refractivity contribution < 1.29 is 19.4 Å². The van der Waals surface area contributed by atoms with Gasteiger partial charge in [-0.1, -0.05) is 12.1 Å².